The SMILES string of the molecule is CC1(C)CCC(OC2CCC(C)(C)O2)O1. The Morgan fingerprint density at radius 1 is 0.867 bits per heavy atom. The summed E-state index contributed by atoms with van der Waals surface area (Å²) in [4.78, 5) is 0. The normalized spacial score (nSPS) is 38.4. The van der Waals surface area contributed by atoms with Crippen LogP contribution in [0.3, 0.4) is 0 Å². The molecule has 3 heteroatoms. The summed E-state index contributed by atoms with van der Waals surface area (Å²) in [6.45, 7) is 8.43. The van der Waals surface area contributed by atoms with E-state index in [-0.39, 0.29) is 23.8 Å². The van der Waals surface area contributed by atoms with Crippen LogP contribution >= 0.6 is 0 Å². The lowest BCUT2D eigenvalue weighted by atomic mass is 10.1. The highest BCUT2D eigenvalue weighted by Crippen LogP contribution is 2.35. The predicted molar refractivity (Wildman–Crippen MR) is 57.5 cm³/mol. The van der Waals surface area contributed by atoms with Crippen molar-refractivity contribution in [3.8, 4) is 0 Å². The van der Waals surface area contributed by atoms with Gasteiger partial charge in [-0.3, -0.25) is 0 Å². The molecule has 15 heavy (non-hydrogen) atoms. The van der Waals surface area contributed by atoms with Crippen molar-refractivity contribution < 1.29 is 14.2 Å². The summed E-state index contributed by atoms with van der Waals surface area (Å²) < 4.78 is 17.4. The molecule has 3 nitrogen and oxygen atoms in total. The summed E-state index contributed by atoms with van der Waals surface area (Å²) >= 11 is 0. The monoisotopic (exact) mass is 214 g/mol. The Morgan fingerprint density at radius 3 is 1.53 bits per heavy atom. The summed E-state index contributed by atoms with van der Waals surface area (Å²) in [5.74, 6) is 0. The van der Waals surface area contributed by atoms with Crippen LogP contribution in [-0.4, -0.2) is 23.8 Å². The lowest BCUT2D eigenvalue weighted by Crippen LogP contribution is -2.27. The average molecular weight is 214 g/mol. The Kier molecular flexibility index (Phi) is 2.82. The molecule has 0 amide bonds. The highest BCUT2D eigenvalue weighted by atomic mass is 16.8. The Bertz CT molecular complexity index is 211. The van der Waals surface area contributed by atoms with Gasteiger partial charge in [-0.15, -0.1) is 0 Å². The molecule has 0 bridgehead atoms. The molecular weight excluding hydrogens is 192 g/mol. The first kappa shape index (κ1) is 11.4. The molecule has 0 saturated carbocycles. The zero-order valence-electron chi connectivity index (χ0n) is 10.2. The third-order valence-corrected chi connectivity index (χ3v) is 3.17. The van der Waals surface area contributed by atoms with Gasteiger partial charge in [0, 0.05) is 12.8 Å². The lowest BCUT2D eigenvalue weighted by Gasteiger charge is -2.23. The topological polar surface area (TPSA) is 27.7 Å². The van der Waals surface area contributed by atoms with E-state index in [1.807, 2.05) is 0 Å². The van der Waals surface area contributed by atoms with E-state index in [0.29, 0.717) is 0 Å². The molecule has 0 aliphatic carbocycles. The maximum atomic E-state index is 5.80. The molecule has 0 spiro atoms. The van der Waals surface area contributed by atoms with Gasteiger partial charge in [0.2, 0.25) is 0 Å². The van der Waals surface area contributed by atoms with E-state index in [2.05, 4.69) is 27.7 Å². The molecule has 2 aliphatic rings. The number of hydrogen-bond acceptors (Lipinski definition) is 3. The molecule has 0 N–H and O–H groups in total. The summed E-state index contributed by atoms with van der Waals surface area (Å²) in [5, 5.41) is 0. The molecule has 0 aromatic carbocycles. The van der Waals surface area contributed by atoms with Gasteiger partial charge < -0.3 is 14.2 Å². The van der Waals surface area contributed by atoms with Gasteiger partial charge in [0.25, 0.3) is 0 Å². The zero-order chi connectivity index (χ0) is 11.1. The van der Waals surface area contributed by atoms with Crippen molar-refractivity contribution in [2.24, 2.45) is 0 Å². The molecule has 2 saturated heterocycles. The first-order valence-corrected chi connectivity index (χ1v) is 5.87. The molecule has 2 aliphatic heterocycles. The highest BCUT2D eigenvalue weighted by Gasteiger charge is 2.38. The van der Waals surface area contributed by atoms with E-state index in [4.69, 9.17) is 14.2 Å². The van der Waals surface area contributed by atoms with Gasteiger partial charge in [0.05, 0.1) is 11.2 Å². The van der Waals surface area contributed by atoms with Crippen LogP contribution in [0.15, 0.2) is 0 Å². The minimum absolute atomic E-state index is 0.0290. The second-order valence-electron chi connectivity index (χ2n) is 5.83. The van der Waals surface area contributed by atoms with E-state index >= 15 is 0 Å². The molecular formula is C12H22O3. The largest absolute Gasteiger partial charge is 0.347 e. The van der Waals surface area contributed by atoms with Crippen LogP contribution in [0.4, 0.5) is 0 Å². The van der Waals surface area contributed by atoms with Gasteiger partial charge in [-0.2, -0.15) is 0 Å². The van der Waals surface area contributed by atoms with Crippen LogP contribution in [0.5, 0.6) is 0 Å². The Labute approximate surface area is 92.1 Å². The van der Waals surface area contributed by atoms with Gasteiger partial charge in [-0.1, -0.05) is 0 Å². The zero-order valence-corrected chi connectivity index (χ0v) is 10.2. The van der Waals surface area contributed by atoms with E-state index in [0.717, 1.165) is 25.7 Å². The van der Waals surface area contributed by atoms with E-state index < -0.39 is 0 Å². The van der Waals surface area contributed by atoms with Crippen LogP contribution in [0.25, 0.3) is 0 Å². The fourth-order valence-corrected chi connectivity index (χ4v) is 2.24. The lowest BCUT2D eigenvalue weighted by molar-refractivity contribution is -0.252. The third kappa shape index (κ3) is 2.92. The van der Waals surface area contributed by atoms with Gasteiger partial charge in [0.15, 0.2) is 12.6 Å². The van der Waals surface area contributed by atoms with Crippen LogP contribution < -0.4 is 0 Å². The molecule has 2 unspecified atom stereocenters. The molecule has 2 atom stereocenters. The van der Waals surface area contributed by atoms with Crippen molar-refractivity contribution in [3.63, 3.8) is 0 Å². The van der Waals surface area contributed by atoms with E-state index in [1.54, 1.807) is 0 Å². The van der Waals surface area contributed by atoms with Crippen molar-refractivity contribution in [3.05, 3.63) is 0 Å². The fourth-order valence-electron chi connectivity index (χ4n) is 2.24. The van der Waals surface area contributed by atoms with Gasteiger partial charge in [-0.25, -0.2) is 0 Å². The predicted octanol–water partition coefficient (Wildman–Crippen LogP) is 2.83. The Hall–Kier alpha value is -0.120. The smallest absolute Gasteiger partial charge is 0.161 e. The first-order valence-electron chi connectivity index (χ1n) is 5.87. The van der Waals surface area contributed by atoms with E-state index in [9.17, 15) is 0 Å². The number of hydrogen-bond donors (Lipinski definition) is 0. The van der Waals surface area contributed by atoms with Crippen LogP contribution in [0, 0.1) is 0 Å². The molecule has 88 valence electrons. The summed E-state index contributed by atoms with van der Waals surface area (Å²) in [7, 11) is 0. The Balaban J connectivity index is 1.80. The summed E-state index contributed by atoms with van der Waals surface area (Å²) in [5.41, 5.74) is -0.0580. The van der Waals surface area contributed by atoms with Crippen molar-refractivity contribution in [2.75, 3.05) is 0 Å². The minimum atomic E-state index is -0.0705. The maximum absolute atomic E-state index is 5.80. The summed E-state index contributed by atoms with van der Waals surface area (Å²) in [6.07, 6.45) is 3.94. The van der Waals surface area contributed by atoms with Crippen LogP contribution in [-0.2, 0) is 14.2 Å². The molecule has 2 heterocycles. The molecule has 0 radical (unpaired) electrons. The van der Waals surface area contributed by atoms with E-state index in [1.165, 1.54) is 0 Å². The Morgan fingerprint density at radius 2 is 1.27 bits per heavy atom. The van der Waals surface area contributed by atoms with Crippen LogP contribution in [0.1, 0.15) is 53.4 Å². The van der Waals surface area contributed by atoms with Gasteiger partial charge in [0.1, 0.15) is 0 Å². The maximum Gasteiger partial charge on any atom is 0.161 e. The fraction of sp³-hybridized carbons (Fsp3) is 1.00. The highest BCUT2D eigenvalue weighted by molar-refractivity contribution is 4.80. The van der Waals surface area contributed by atoms with Crippen molar-refractivity contribution in [2.45, 2.75) is 77.2 Å². The first-order chi connectivity index (χ1) is 6.86. The quantitative estimate of drug-likeness (QED) is 0.707. The van der Waals surface area contributed by atoms with Crippen molar-refractivity contribution >= 4 is 0 Å². The standard InChI is InChI=1S/C12H22O3/c1-11(2)7-5-9(14-11)13-10-6-8-12(3,4)15-10/h9-10H,5-8H2,1-4H3. The van der Waals surface area contributed by atoms with Crippen molar-refractivity contribution in [1.29, 1.82) is 0 Å². The molecule has 2 rings (SSSR count). The number of rotatable bonds is 2. The second kappa shape index (κ2) is 3.72. The van der Waals surface area contributed by atoms with Crippen molar-refractivity contribution in [1.82, 2.24) is 0 Å². The van der Waals surface area contributed by atoms with Gasteiger partial charge >= 0.3 is 0 Å². The number of ether oxygens (including phenoxy) is 3. The summed E-state index contributed by atoms with van der Waals surface area (Å²) in [6, 6.07) is 0. The van der Waals surface area contributed by atoms with Gasteiger partial charge in [-0.05, 0) is 40.5 Å². The molecule has 2 fully saturated rings. The minimum Gasteiger partial charge on any atom is -0.347 e. The third-order valence-electron chi connectivity index (χ3n) is 3.17. The van der Waals surface area contributed by atoms with Crippen LogP contribution in [0.2, 0.25) is 0 Å². The molecule has 0 aromatic heterocycles. The second-order valence-corrected chi connectivity index (χ2v) is 5.83. The molecule has 0 aromatic rings. The average Bonchev–Trinajstić information content (AvgIpc) is 2.56.